The summed E-state index contributed by atoms with van der Waals surface area (Å²) in [7, 11) is 0. The average Bonchev–Trinajstić information content (AvgIpc) is 3.46. The van der Waals surface area contributed by atoms with Gasteiger partial charge in [0.1, 0.15) is 11.4 Å². The number of fused-ring (bicyclic) bond motifs is 2. The molecule has 0 bridgehead atoms. The summed E-state index contributed by atoms with van der Waals surface area (Å²) in [5.74, 6) is -1.23. The Bertz CT molecular complexity index is 1760. The lowest BCUT2D eigenvalue weighted by Gasteiger charge is -2.05. The molecule has 2 aromatic carbocycles. The summed E-state index contributed by atoms with van der Waals surface area (Å²) in [6.07, 6.45) is 1.29. The molecule has 0 saturated heterocycles. The number of rotatable bonds is 7. The number of carbonyl (C=O) groups is 3. The van der Waals surface area contributed by atoms with Crippen molar-refractivity contribution < 1.29 is 19.1 Å². The van der Waals surface area contributed by atoms with Crippen molar-refractivity contribution in [1.82, 2.24) is 14.5 Å². The van der Waals surface area contributed by atoms with Crippen molar-refractivity contribution in [2.45, 2.75) is 20.4 Å². The highest BCUT2D eigenvalue weighted by Crippen LogP contribution is 2.29. The first kappa shape index (κ1) is 25.2. The van der Waals surface area contributed by atoms with Crippen molar-refractivity contribution in [2.24, 2.45) is 0 Å². The van der Waals surface area contributed by atoms with Crippen LogP contribution in [0.3, 0.4) is 0 Å². The molecule has 10 nitrogen and oxygen atoms in total. The molecule has 0 spiro atoms. The lowest BCUT2D eigenvalue weighted by atomic mass is 10.2. The Morgan fingerprint density at radius 2 is 1.84 bits per heavy atom. The van der Waals surface area contributed by atoms with Gasteiger partial charge in [0.15, 0.2) is 5.13 Å². The van der Waals surface area contributed by atoms with Crippen LogP contribution in [0, 0.1) is 6.92 Å². The molecule has 2 N–H and O–H groups in total. The highest BCUT2D eigenvalue weighted by molar-refractivity contribution is 7.22. The number of anilines is 2. The molecule has 5 aromatic rings. The Hall–Kier alpha value is -4.42. The van der Waals surface area contributed by atoms with Gasteiger partial charge in [-0.3, -0.25) is 19.0 Å². The molecule has 3 aromatic heterocycles. The van der Waals surface area contributed by atoms with Crippen LogP contribution in [-0.4, -0.2) is 38.9 Å². The number of thiophene rings is 1. The summed E-state index contributed by atoms with van der Waals surface area (Å²) in [4.78, 5) is 60.2. The summed E-state index contributed by atoms with van der Waals surface area (Å²) in [6.45, 7) is 3.41. The largest absolute Gasteiger partial charge is 0.462 e. The minimum absolute atomic E-state index is 0.272. The van der Waals surface area contributed by atoms with Crippen LogP contribution in [0.2, 0.25) is 0 Å². The maximum absolute atomic E-state index is 13.2. The van der Waals surface area contributed by atoms with Gasteiger partial charge < -0.3 is 15.4 Å². The summed E-state index contributed by atoms with van der Waals surface area (Å²) < 4.78 is 6.93. The number of amides is 2. The molecule has 0 atom stereocenters. The third-order valence-electron chi connectivity index (χ3n) is 5.62. The Morgan fingerprint density at radius 3 is 2.61 bits per heavy atom. The molecule has 3 heterocycles. The lowest BCUT2D eigenvalue weighted by molar-refractivity contribution is -0.116. The van der Waals surface area contributed by atoms with Crippen molar-refractivity contribution in [3.63, 3.8) is 0 Å². The molecule has 0 fully saturated rings. The molecule has 12 heteroatoms. The van der Waals surface area contributed by atoms with E-state index in [1.165, 1.54) is 22.2 Å². The van der Waals surface area contributed by atoms with Crippen LogP contribution >= 0.6 is 22.7 Å². The zero-order valence-electron chi connectivity index (χ0n) is 20.3. The summed E-state index contributed by atoms with van der Waals surface area (Å²) in [6, 6.07) is 14.0. The fraction of sp³-hybridized carbons (Fsp3) is 0.154. The second-order valence-electron chi connectivity index (χ2n) is 8.20. The van der Waals surface area contributed by atoms with E-state index in [-0.39, 0.29) is 19.1 Å². The predicted octanol–water partition coefficient (Wildman–Crippen LogP) is 4.44. The van der Waals surface area contributed by atoms with Crippen LogP contribution < -0.4 is 16.2 Å². The van der Waals surface area contributed by atoms with E-state index in [9.17, 15) is 19.2 Å². The highest BCUT2D eigenvalue weighted by atomic mass is 32.1. The molecule has 0 aliphatic carbocycles. The first-order valence-corrected chi connectivity index (χ1v) is 13.2. The number of esters is 1. The number of ether oxygens (including phenoxy) is 1. The van der Waals surface area contributed by atoms with E-state index in [1.54, 1.807) is 44.2 Å². The fourth-order valence-corrected chi connectivity index (χ4v) is 5.79. The van der Waals surface area contributed by atoms with Crippen LogP contribution in [-0.2, 0) is 16.1 Å². The molecule has 192 valence electrons. The van der Waals surface area contributed by atoms with Crippen molar-refractivity contribution in [2.75, 3.05) is 17.2 Å². The second kappa shape index (κ2) is 10.5. The van der Waals surface area contributed by atoms with Gasteiger partial charge in [0, 0.05) is 5.69 Å². The standard InChI is InChI=1S/C26H21N5O5S2/c1-3-36-25(35)15-9-10-17-18(11-15)37-26(29-17)30-19(32)12-31-13-27-23-20(24(31)34)14(2)21(38-23)22(33)28-16-7-5-4-6-8-16/h4-11,13H,3,12H2,1-2H3,(H,28,33)(H,29,30,32). The predicted molar refractivity (Wildman–Crippen MR) is 147 cm³/mol. The van der Waals surface area contributed by atoms with Gasteiger partial charge in [0.2, 0.25) is 5.91 Å². The zero-order chi connectivity index (χ0) is 26.8. The van der Waals surface area contributed by atoms with Crippen molar-refractivity contribution >= 4 is 71.7 Å². The monoisotopic (exact) mass is 547 g/mol. The number of carbonyl (C=O) groups excluding carboxylic acids is 3. The Morgan fingerprint density at radius 1 is 1.05 bits per heavy atom. The molecule has 0 unspecified atom stereocenters. The molecule has 0 aliphatic heterocycles. The topological polar surface area (TPSA) is 132 Å². The van der Waals surface area contributed by atoms with E-state index in [2.05, 4.69) is 20.6 Å². The second-order valence-corrected chi connectivity index (χ2v) is 10.2. The average molecular weight is 548 g/mol. The molecular formula is C26H21N5O5S2. The number of benzene rings is 2. The van der Waals surface area contributed by atoms with E-state index in [4.69, 9.17) is 4.74 Å². The van der Waals surface area contributed by atoms with Gasteiger partial charge in [-0.15, -0.1) is 11.3 Å². The van der Waals surface area contributed by atoms with Crippen molar-refractivity contribution in [3.05, 3.63) is 81.2 Å². The van der Waals surface area contributed by atoms with E-state index in [0.29, 0.717) is 47.3 Å². The molecule has 38 heavy (non-hydrogen) atoms. The van der Waals surface area contributed by atoms with Gasteiger partial charge in [-0.2, -0.15) is 0 Å². The van der Waals surface area contributed by atoms with Crippen LogP contribution in [0.4, 0.5) is 10.8 Å². The third kappa shape index (κ3) is 5.04. The molecular weight excluding hydrogens is 526 g/mol. The van der Waals surface area contributed by atoms with E-state index in [1.807, 2.05) is 18.2 Å². The maximum Gasteiger partial charge on any atom is 0.338 e. The number of para-hydroxylation sites is 1. The summed E-state index contributed by atoms with van der Waals surface area (Å²) >= 11 is 2.33. The van der Waals surface area contributed by atoms with Gasteiger partial charge in [-0.1, -0.05) is 29.5 Å². The van der Waals surface area contributed by atoms with Gasteiger partial charge >= 0.3 is 5.97 Å². The quantitative estimate of drug-likeness (QED) is 0.288. The Kier molecular flexibility index (Phi) is 6.99. The van der Waals surface area contributed by atoms with Crippen LogP contribution in [0.5, 0.6) is 0 Å². The summed E-state index contributed by atoms with van der Waals surface area (Å²) in [5, 5.41) is 6.15. The Balaban J connectivity index is 1.33. The van der Waals surface area contributed by atoms with Crippen molar-refractivity contribution in [3.8, 4) is 0 Å². The number of aryl methyl sites for hydroxylation is 1. The third-order valence-corrected chi connectivity index (χ3v) is 7.75. The Labute approximate surface area is 223 Å². The molecule has 0 radical (unpaired) electrons. The van der Waals surface area contributed by atoms with Crippen LogP contribution in [0.15, 0.2) is 59.7 Å². The lowest BCUT2D eigenvalue weighted by Crippen LogP contribution is -2.27. The van der Waals surface area contributed by atoms with Gasteiger partial charge in [-0.05, 0) is 49.7 Å². The van der Waals surface area contributed by atoms with E-state index in [0.717, 1.165) is 11.3 Å². The van der Waals surface area contributed by atoms with E-state index < -0.39 is 17.4 Å². The van der Waals surface area contributed by atoms with Crippen LogP contribution in [0.1, 0.15) is 32.5 Å². The number of thiazole rings is 1. The fourth-order valence-electron chi connectivity index (χ4n) is 3.83. The number of hydrogen-bond acceptors (Lipinski definition) is 9. The van der Waals surface area contributed by atoms with E-state index >= 15 is 0 Å². The highest BCUT2D eigenvalue weighted by Gasteiger charge is 2.20. The smallest absolute Gasteiger partial charge is 0.338 e. The van der Waals surface area contributed by atoms with Crippen LogP contribution in [0.25, 0.3) is 20.4 Å². The molecule has 2 amide bonds. The zero-order valence-corrected chi connectivity index (χ0v) is 21.9. The first-order chi connectivity index (χ1) is 18.3. The number of hydrogen-bond donors (Lipinski definition) is 2. The SMILES string of the molecule is CCOC(=O)c1ccc2nc(NC(=O)Cn3cnc4sc(C(=O)Nc5ccccc5)c(C)c4c3=O)sc2c1. The van der Waals surface area contributed by atoms with Gasteiger partial charge in [0.05, 0.1) is 39.0 Å². The van der Waals surface area contributed by atoms with Gasteiger partial charge in [0.25, 0.3) is 11.5 Å². The minimum Gasteiger partial charge on any atom is -0.462 e. The van der Waals surface area contributed by atoms with Gasteiger partial charge in [-0.25, -0.2) is 14.8 Å². The molecule has 0 aliphatic rings. The maximum atomic E-state index is 13.2. The normalized spacial score (nSPS) is 11.0. The molecule has 0 saturated carbocycles. The molecule has 5 rings (SSSR count). The number of aromatic nitrogens is 3. The van der Waals surface area contributed by atoms with Crippen molar-refractivity contribution in [1.29, 1.82) is 0 Å². The summed E-state index contributed by atoms with van der Waals surface area (Å²) in [5.41, 5.74) is 1.75. The number of nitrogens with one attached hydrogen (secondary N) is 2. The minimum atomic E-state index is -0.465. The number of nitrogens with zero attached hydrogens (tertiary/aromatic N) is 3. The first-order valence-electron chi connectivity index (χ1n) is 11.6.